The summed E-state index contributed by atoms with van der Waals surface area (Å²) < 4.78 is 5.43. The van der Waals surface area contributed by atoms with Gasteiger partial charge in [-0.1, -0.05) is 37.3 Å². The van der Waals surface area contributed by atoms with Crippen molar-refractivity contribution in [2.24, 2.45) is 5.41 Å². The molecular formula is C19H29N3O2. The van der Waals surface area contributed by atoms with Gasteiger partial charge in [-0.15, -0.1) is 0 Å². The molecule has 3 rings (SSSR count). The second-order valence-corrected chi connectivity index (χ2v) is 7.36. The number of piperidine rings is 1. The molecule has 2 heterocycles. The standard InChI is InChI=1S/C19H29N3O2/c1-19(7-9-20-10-8-19)16-21-11-13-22(14-12-21)18(23)24-15-17-5-3-2-4-6-17/h2-6,20H,7-16H2,1H3. The summed E-state index contributed by atoms with van der Waals surface area (Å²) in [5, 5.41) is 3.44. The number of amides is 1. The Morgan fingerprint density at radius 3 is 2.46 bits per heavy atom. The van der Waals surface area contributed by atoms with Crippen LogP contribution in [0.2, 0.25) is 0 Å². The van der Waals surface area contributed by atoms with Crippen molar-refractivity contribution in [1.29, 1.82) is 0 Å². The summed E-state index contributed by atoms with van der Waals surface area (Å²) in [6.07, 6.45) is 2.30. The van der Waals surface area contributed by atoms with Crippen LogP contribution in [-0.4, -0.2) is 61.7 Å². The number of hydrogen-bond acceptors (Lipinski definition) is 4. The third kappa shape index (κ3) is 4.71. The van der Waals surface area contributed by atoms with Crippen LogP contribution in [0, 0.1) is 5.41 Å². The number of piperazine rings is 1. The van der Waals surface area contributed by atoms with E-state index in [1.807, 2.05) is 35.2 Å². The van der Waals surface area contributed by atoms with Crippen LogP contribution in [0.3, 0.4) is 0 Å². The van der Waals surface area contributed by atoms with E-state index in [2.05, 4.69) is 17.1 Å². The maximum atomic E-state index is 12.2. The van der Waals surface area contributed by atoms with Gasteiger partial charge in [0.2, 0.25) is 0 Å². The fraction of sp³-hybridized carbons (Fsp3) is 0.632. The molecule has 5 nitrogen and oxygen atoms in total. The highest BCUT2D eigenvalue weighted by atomic mass is 16.6. The topological polar surface area (TPSA) is 44.8 Å². The Kier molecular flexibility index (Phi) is 5.74. The Bertz CT molecular complexity index is 521. The van der Waals surface area contributed by atoms with Gasteiger partial charge >= 0.3 is 6.09 Å². The van der Waals surface area contributed by atoms with Crippen molar-refractivity contribution >= 4 is 6.09 Å². The number of nitrogens with zero attached hydrogens (tertiary/aromatic N) is 2. The van der Waals surface area contributed by atoms with E-state index in [-0.39, 0.29) is 6.09 Å². The highest BCUT2D eigenvalue weighted by Gasteiger charge is 2.31. The van der Waals surface area contributed by atoms with E-state index in [1.165, 1.54) is 12.8 Å². The highest BCUT2D eigenvalue weighted by Crippen LogP contribution is 2.29. The van der Waals surface area contributed by atoms with E-state index in [0.29, 0.717) is 12.0 Å². The molecule has 0 aliphatic carbocycles. The first-order valence-corrected chi connectivity index (χ1v) is 9.03. The van der Waals surface area contributed by atoms with Crippen molar-refractivity contribution in [3.05, 3.63) is 35.9 Å². The van der Waals surface area contributed by atoms with Crippen LogP contribution in [0.1, 0.15) is 25.3 Å². The van der Waals surface area contributed by atoms with Crippen LogP contribution in [0.25, 0.3) is 0 Å². The summed E-state index contributed by atoms with van der Waals surface area (Å²) >= 11 is 0. The lowest BCUT2D eigenvalue weighted by molar-refractivity contribution is 0.0537. The monoisotopic (exact) mass is 331 g/mol. The van der Waals surface area contributed by atoms with Gasteiger partial charge in [-0.3, -0.25) is 4.90 Å². The fourth-order valence-electron chi connectivity index (χ4n) is 3.63. The average Bonchev–Trinajstić information content (AvgIpc) is 2.61. The Hall–Kier alpha value is -1.59. The van der Waals surface area contributed by atoms with Crippen molar-refractivity contribution in [2.45, 2.75) is 26.4 Å². The molecule has 132 valence electrons. The van der Waals surface area contributed by atoms with E-state index < -0.39 is 0 Å². The van der Waals surface area contributed by atoms with E-state index in [1.54, 1.807) is 0 Å². The first-order valence-electron chi connectivity index (χ1n) is 9.03. The molecule has 1 aromatic rings. The molecule has 2 aliphatic heterocycles. The third-order valence-electron chi connectivity index (χ3n) is 5.25. The Morgan fingerprint density at radius 1 is 1.12 bits per heavy atom. The van der Waals surface area contributed by atoms with Gasteiger partial charge in [0.25, 0.3) is 0 Å². The van der Waals surface area contributed by atoms with Crippen molar-refractivity contribution in [2.75, 3.05) is 45.8 Å². The molecule has 0 atom stereocenters. The lowest BCUT2D eigenvalue weighted by Gasteiger charge is -2.41. The maximum Gasteiger partial charge on any atom is 0.410 e. The van der Waals surface area contributed by atoms with Crippen molar-refractivity contribution < 1.29 is 9.53 Å². The number of ether oxygens (including phenoxy) is 1. The van der Waals surface area contributed by atoms with Gasteiger partial charge in [-0.2, -0.15) is 0 Å². The first kappa shape index (κ1) is 17.2. The number of hydrogen-bond donors (Lipinski definition) is 1. The lowest BCUT2D eigenvalue weighted by atomic mass is 9.80. The normalized spacial score (nSPS) is 21.5. The number of carbonyl (C=O) groups excluding carboxylic acids is 1. The van der Waals surface area contributed by atoms with Gasteiger partial charge in [0.15, 0.2) is 0 Å². The number of benzene rings is 1. The molecule has 0 aromatic heterocycles. The van der Waals surface area contributed by atoms with E-state index in [9.17, 15) is 4.79 Å². The molecule has 2 saturated heterocycles. The Morgan fingerprint density at radius 2 is 1.79 bits per heavy atom. The molecule has 1 N–H and O–H groups in total. The van der Waals surface area contributed by atoms with Gasteiger partial charge in [0.1, 0.15) is 6.61 Å². The van der Waals surface area contributed by atoms with Crippen molar-refractivity contribution in [3.63, 3.8) is 0 Å². The van der Waals surface area contributed by atoms with E-state index in [0.717, 1.165) is 51.4 Å². The summed E-state index contributed by atoms with van der Waals surface area (Å²) in [4.78, 5) is 16.6. The Balaban J connectivity index is 1.40. The lowest BCUT2D eigenvalue weighted by Crippen LogP contribution is -2.52. The molecule has 1 aromatic carbocycles. The molecule has 5 heteroatoms. The number of rotatable bonds is 4. The minimum atomic E-state index is -0.188. The summed E-state index contributed by atoms with van der Waals surface area (Å²) in [7, 11) is 0. The van der Waals surface area contributed by atoms with Crippen LogP contribution < -0.4 is 5.32 Å². The Labute approximate surface area is 145 Å². The molecule has 0 bridgehead atoms. The summed E-state index contributed by atoms with van der Waals surface area (Å²) in [5.41, 5.74) is 1.45. The second-order valence-electron chi connectivity index (χ2n) is 7.36. The fourth-order valence-corrected chi connectivity index (χ4v) is 3.63. The number of carbonyl (C=O) groups is 1. The minimum absolute atomic E-state index is 0.188. The van der Waals surface area contributed by atoms with Crippen molar-refractivity contribution in [1.82, 2.24) is 15.1 Å². The zero-order valence-corrected chi connectivity index (χ0v) is 14.7. The SMILES string of the molecule is CC1(CN2CCN(C(=O)OCc3ccccc3)CC2)CCNCC1. The second kappa shape index (κ2) is 7.99. The van der Waals surface area contributed by atoms with Gasteiger partial charge in [-0.25, -0.2) is 4.79 Å². The zero-order valence-electron chi connectivity index (χ0n) is 14.7. The van der Waals surface area contributed by atoms with Gasteiger partial charge in [-0.05, 0) is 36.9 Å². The molecule has 1 amide bonds. The van der Waals surface area contributed by atoms with E-state index in [4.69, 9.17) is 4.74 Å². The van der Waals surface area contributed by atoms with Crippen LogP contribution in [0.4, 0.5) is 4.79 Å². The maximum absolute atomic E-state index is 12.2. The van der Waals surface area contributed by atoms with Crippen LogP contribution in [0.5, 0.6) is 0 Å². The van der Waals surface area contributed by atoms with Crippen LogP contribution in [0.15, 0.2) is 30.3 Å². The first-order chi connectivity index (χ1) is 11.6. The van der Waals surface area contributed by atoms with Gasteiger partial charge < -0.3 is 15.0 Å². The molecule has 0 spiro atoms. The number of nitrogens with one attached hydrogen (secondary N) is 1. The van der Waals surface area contributed by atoms with E-state index >= 15 is 0 Å². The molecule has 0 saturated carbocycles. The predicted molar refractivity (Wildman–Crippen MR) is 94.9 cm³/mol. The molecule has 2 aliphatic rings. The van der Waals surface area contributed by atoms with Crippen molar-refractivity contribution in [3.8, 4) is 0 Å². The average molecular weight is 331 g/mol. The largest absolute Gasteiger partial charge is 0.445 e. The predicted octanol–water partition coefficient (Wildman–Crippen LogP) is 2.33. The highest BCUT2D eigenvalue weighted by molar-refractivity contribution is 5.67. The third-order valence-corrected chi connectivity index (χ3v) is 5.25. The summed E-state index contributed by atoms with van der Waals surface area (Å²) in [5.74, 6) is 0. The molecule has 24 heavy (non-hydrogen) atoms. The van der Waals surface area contributed by atoms with Crippen LogP contribution >= 0.6 is 0 Å². The molecule has 0 radical (unpaired) electrons. The zero-order chi connectivity index (χ0) is 16.8. The smallest absolute Gasteiger partial charge is 0.410 e. The molecule has 0 unspecified atom stereocenters. The quantitative estimate of drug-likeness (QED) is 0.920. The minimum Gasteiger partial charge on any atom is -0.445 e. The van der Waals surface area contributed by atoms with Crippen LogP contribution in [-0.2, 0) is 11.3 Å². The molecular weight excluding hydrogens is 302 g/mol. The summed E-state index contributed by atoms with van der Waals surface area (Å²) in [6, 6.07) is 9.84. The molecule has 2 fully saturated rings. The van der Waals surface area contributed by atoms with Gasteiger partial charge in [0, 0.05) is 32.7 Å². The summed E-state index contributed by atoms with van der Waals surface area (Å²) in [6.45, 7) is 9.57. The van der Waals surface area contributed by atoms with Gasteiger partial charge in [0.05, 0.1) is 0 Å².